The molecule has 0 bridgehead atoms. The van der Waals surface area contributed by atoms with Gasteiger partial charge in [0, 0.05) is 30.5 Å². The van der Waals surface area contributed by atoms with Crippen molar-refractivity contribution in [2.24, 2.45) is 0 Å². The highest BCUT2D eigenvalue weighted by atomic mass is 19.4. The van der Waals surface area contributed by atoms with Gasteiger partial charge in [0.25, 0.3) is 0 Å². The molecule has 11 nitrogen and oxygen atoms in total. The lowest BCUT2D eigenvalue weighted by Gasteiger charge is -2.24. The Kier molecular flexibility index (Phi) is 7.94. The number of carbonyl (C=O) groups excluding carboxylic acids is 3. The Morgan fingerprint density at radius 3 is 2.29 bits per heavy atom. The average molecular weight is 570 g/mol. The van der Waals surface area contributed by atoms with E-state index < -0.39 is 35.9 Å². The Labute approximate surface area is 232 Å². The predicted molar refractivity (Wildman–Crippen MR) is 145 cm³/mol. The van der Waals surface area contributed by atoms with Crippen molar-refractivity contribution in [3.05, 3.63) is 66.2 Å². The molecule has 0 spiro atoms. The van der Waals surface area contributed by atoms with Crippen molar-refractivity contribution in [2.75, 3.05) is 22.6 Å². The number of rotatable bonds is 6. The summed E-state index contributed by atoms with van der Waals surface area (Å²) in [6.07, 6.45) is -2.49. The van der Waals surface area contributed by atoms with Crippen molar-refractivity contribution >= 4 is 46.8 Å². The fraction of sp³-hybridized carbons (Fsp3) is 0.259. The number of amides is 3. The zero-order valence-electron chi connectivity index (χ0n) is 22.5. The monoisotopic (exact) mass is 569 g/mol. The van der Waals surface area contributed by atoms with Crippen molar-refractivity contribution in [1.82, 2.24) is 19.5 Å². The van der Waals surface area contributed by atoms with E-state index in [-0.39, 0.29) is 17.1 Å². The topological polar surface area (TPSA) is 131 Å². The van der Waals surface area contributed by atoms with Gasteiger partial charge in [-0.15, -0.1) is 0 Å². The van der Waals surface area contributed by atoms with Gasteiger partial charge in [-0.25, -0.2) is 24.5 Å². The Hall–Kier alpha value is -5.01. The minimum absolute atomic E-state index is 0.0854. The van der Waals surface area contributed by atoms with E-state index in [0.717, 1.165) is 12.1 Å². The number of alkyl halides is 3. The number of urea groups is 1. The molecule has 2 aromatic heterocycles. The molecule has 0 aliphatic heterocycles. The molecule has 14 heteroatoms. The van der Waals surface area contributed by atoms with Gasteiger partial charge in [-0.2, -0.15) is 13.2 Å². The summed E-state index contributed by atoms with van der Waals surface area (Å²) in [5, 5.41) is 4.92. The molecule has 214 valence electrons. The molecule has 3 amide bonds. The quantitative estimate of drug-likeness (QED) is 0.289. The summed E-state index contributed by atoms with van der Waals surface area (Å²) in [6, 6.07) is 8.98. The summed E-state index contributed by atoms with van der Waals surface area (Å²) in [5.74, 6) is 0.255. The number of aromatic nitrogens is 4. The van der Waals surface area contributed by atoms with E-state index in [1.54, 1.807) is 49.6 Å². The summed E-state index contributed by atoms with van der Waals surface area (Å²) in [7, 11) is 1.52. The molecule has 0 saturated heterocycles. The molecule has 0 aliphatic carbocycles. The number of ether oxygens (including phenoxy) is 1. The number of carbonyl (C=O) groups is 3. The summed E-state index contributed by atoms with van der Waals surface area (Å²) in [4.78, 5) is 49.8. The Bertz CT molecular complexity index is 1600. The highest BCUT2D eigenvalue weighted by Crippen LogP contribution is 2.34. The number of anilines is 3. The Morgan fingerprint density at radius 1 is 1.00 bits per heavy atom. The van der Waals surface area contributed by atoms with E-state index in [9.17, 15) is 27.6 Å². The normalized spacial score (nSPS) is 11.7. The highest BCUT2D eigenvalue weighted by molar-refractivity contribution is 6.00. The van der Waals surface area contributed by atoms with Gasteiger partial charge in [-0.3, -0.25) is 9.47 Å². The van der Waals surface area contributed by atoms with Crippen molar-refractivity contribution in [2.45, 2.75) is 39.0 Å². The second-order valence-corrected chi connectivity index (χ2v) is 9.89. The first-order valence-corrected chi connectivity index (χ1v) is 12.2. The van der Waals surface area contributed by atoms with E-state index in [4.69, 9.17) is 4.74 Å². The largest absolute Gasteiger partial charge is 0.443 e. The van der Waals surface area contributed by atoms with Crippen LogP contribution in [0.5, 0.6) is 0 Å². The Balaban J connectivity index is 1.49. The first-order chi connectivity index (χ1) is 19.3. The molecule has 2 heterocycles. The van der Waals surface area contributed by atoms with Gasteiger partial charge in [0.1, 0.15) is 24.5 Å². The van der Waals surface area contributed by atoms with Gasteiger partial charge in [-0.05, 0) is 62.7 Å². The fourth-order valence-corrected chi connectivity index (χ4v) is 3.86. The second-order valence-electron chi connectivity index (χ2n) is 9.89. The smallest absolute Gasteiger partial charge is 0.416 e. The van der Waals surface area contributed by atoms with Crippen LogP contribution in [0.1, 0.15) is 31.9 Å². The molecular formula is C27H26F3N7O4. The molecule has 4 rings (SSSR count). The van der Waals surface area contributed by atoms with E-state index in [0.29, 0.717) is 28.8 Å². The third kappa shape index (κ3) is 6.77. The summed E-state index contributed by atoms with van der Waals surface area (Å²) in [5.41, 5.74) is -0.191. The molecule has 0 unspecified atom stereocenters. The van der Waals surface area contributed by atoms with Crippen LogP contribution in [-0.4, -0.2) is 50.6 Å². The van der Waals surface area contributed by atoms with Crippen LogP contribution in [0.25, 0.3) is 16.9 Å². The number of halogens is 3. The van der Waals surface area contributed by atoms with E-state index in [1.165, 1.54) is 30.7 Å². The van der Waals surface area contributed by atoms with E-state index >= 15 is 0 Å². The zero-order valence-corrected chi connectivity index (χ0v) is 22.5. The minimum atomic E-state index is -4.68. The third-order valence-electron chi connectivity index (χ3n) is 5.68. The summed E-state index contributed by atoms with van der Waals surface area (Å²) >= 11 is 0. The van der Waals surface area contributed by atoms with Crippen LogP contribution in [0.4, 0.5) is 40.0 Å². The molecule has 2 N–H and O–H groups in total. The highest BCUT2D eigenvalue weighted by Gasteiger charge is 2.33. The minimum Gasteiger partial charge on any atom is -0.443 e. The first kappa shape index (κ1) is 29.0. The maximum Gasteiger partial charge on any atom is 0.416 e. The number of fused-ring (bicyclic) bond motifs is 1. The first-order valence-electron chi connectivity index (χ1n) is 12.2. The lowest BCUT2D eigenvalue weighted by atomic mass is 10.0. The van der Waals surface area contributed by atoms with Crippen molar-refractivity contribution in [1.29, 1.82) is 0 Å². The SMILES string of the molecule is CN(C(=O)OC(C)(C)C)c1ncnc2c1ncn2-c1ccc(NC(=O)Nc2ccc(CC=O)c(C(F)(F)F)c2)cc1. The molecule has 0 aliphatic rings. The molecule has 41 heavy (non-hydrogen) atoms. The van der Waals surface area contributed by atoms with Crippen LogP contribution in [0.2, 0.25) is 0 Å². The lowest BCUT2D eigenvalue weighted by molar-refractivity contribution is -0.138. The third-order valence-corrected chi connectivity index (χ3v) is 5.68. The molecule has 0 radical (unpaired) electrons. The molecule has 4 aromatic rings. The van der Waals surface area contributed by atoms with E-state index in [2.05, 4.69) is 25.6 Å². The van der Waals surface area contributed by atoms with Gasteiger partial charge in [0.2, 0.25) is 0 Å². The number of aldehydes is 1. The van der Waals surface area contributed by atoms with Crippen LogP contribution < -0.4 is 15.5 Å². The molecule has 0 atom stereocenters. The Morgan fingerprint density at radius 2 is 1.66 bits per heavy atom. The molecule has 2 aromatic carbocycles. The van der Waals surface area contributed by atoms with Crippen LogP contribution in [0.3, 0.4) is 0 Å². The zero-order chi connectivity index (χ0) is 29.9. The lowest BCUT2D eigenvalue weighted by Crippen LogP contribution is -2.34. The number of hydrogen-bond donors (Lipinski definition) is 2. The predicted octanol–water partition coefficient (Wildman–Crippen LogP) is 5.59. The maximum atomic E-state index is 13.4. The summed E-state index contributed by atoms with van der Waals surface area (Å²) in [6.45, 7) is 5.26. The van der Waals surface area contributed by atoms with Gasteiger partial charge in [0.15, 0.2) is 17.0 Å². The molecular weight excluding hydrogens is 543 g/mol. The number of hydrogen-bond acceptors (Lipinski definition) is 7. The molecule has 0 saturated carbocycles. The van der Waals surface area contributed by atoms with Crippen LogP contribution in [-0.2, 0) is 22.1 Å². The standard InChI is InChI=1S/C27H26F3N7O4/c1-26(2,3)41-25(40)36(4)22-21-23(32-14-31-22)37(15-33-21)19-9-7-17(8-10-19)34-24(39)35-18-6-5-16(11-12-38)20(13-18)27(28,29)30/h5-10,12-15H,11H2,1-4H3,(H2,34,35,39). The van der Waals surface area contributed by atoms with Crippen LogP contribution in [0.15, 0.2) is 55.1 Å². The van der Waals surface area contributed by atoms with Crippen molar-refractivity contribution in [3.8, 4) is 5.69 Å². The number of imidazole rings is 1. The van der Waals surface area contributed by atoms with E-state index in [1.807, 2.05) is 0 Å². The number of nitrogens with one attached hydrogen (secondary N) is 2. The maximum absolute atomic E-state index is 13.4. The average Bonchev–Trinajstić information content (AvgIpc) is 3.32. The van der Waals surface area contributed by atoms with Crippen molar-refractivity contribution < 1.29 is 32.3 Å². The van der Waals surface area contributed by atoms with Gasteiger partial charge >= 0.3 is 18.3 Å². The number of benzene rings is 2. The second kappa shape index (κ2) is 11.2. The van der Waals surface area contributed by atoms with Crippen LogP contribution >= 0.6 is 0 Å². The van der Waals surface area contributed by atoms with Gasteiger partial charge in [0.05, 0.1) is 5.56 Å². The fourth-order valence-electron chi connectivity index (χ4n) is 3.86. The summed E-state index contributed by atoms with van der Waals surface area (Å²) < 4.78 is 47.1. The molecule has 0 fully saturated rings. The van der Waals surface area contributed by atoms with Crippen molar-refractivity contribution in [3.63, 3.8) is 0 Å². The van der Waals surface area contributed by atoms with Gasteiger partial charge in [-0.1, -0.05) is 6.07 Å². The van der Waals surface area contributed by atoms with Crippen LogP contribution in [0, 0.1) is 0 Å². The number of nitrogens with zero attached hydrogens (tertiary/aromatic N) is 5. The van der Waals surface area contributed by atoms with Gasteiger partial charge < -0.3 is 20.2 Å².